The van der Waals surface area contributed by atoms with E-state index in [-0.39, 0.29) is 41.1 Å². The minimum atomic E-state index is -3.90. The number of likely N-dealkylation sites (tertiary alicyclic amines) is 1. The summed E-state index contributed by atoms with van der Waals surface area (Å²) in [4.78, 5) is 24.8. The van der Waals surface area contributed by atoms with Crippen LogP contribution in [0.5, 0.6) is 0 Å². The van der Waals surface area contributed by atoms with E-state index in [1.54, 1.807) is 0 Å². The molecule has 1 saturated heterocycles. The van der Waals surface area contributed by atoms with Crippen LogP contribution in [0.4, 0.5) is 0 Å². The minimum Gasteiger partial charge on any atom is -0.480 e. The predicted octanol–water partition coefficient (Wildman–Crippen LogP) is 2.87. The van der Waals surface area contributed by atoms with Gasteiger partial charge in [-0.25, -0.2) is 13.2 Å². The van der Waals surface area contributed by atoms with Gasteiger partial charge in [-0.15, -0.1) is 0 Å². The van der Waals surface area contributed by atoms with Crippen LogP contribution >= 0.6 is 23.2 Å². The maximum Gasteiger partial charge on any atom is 0.326 e. The summed E-state index contributed by atoms with van der Waals surface area (Å²) in [6.07, 6.45) is -0.00128. The number of carboxylic acids is 1. The minimum absolute atomic E-state index is 0.0219. The summed E-state index contributed by atoms with van der Waals surface area (Å²) in [7, 11) is -3.90. The zero-order valence-corrected chi connectivity index (χ0v) is 16.1. The number of benzene rings is 1. The Morgan fingerprint density at radius 1 is 1.32 bits per heavy atom. The van der Waals surface area contributed by atoms with Crippen LogP contribution in [0.1, 0.15) is 26.7 Å². The standard InChI is InChI=1S/C16H19Cl2NO5S/c1-9(2)5-15(20)19-8-11(7-13(19)16(21)22)25(23,24)14-4-3-10(17)6-12(14)18/h3-4,6,9,11,13H,5,7-8H2,1-2H3,(H,21,22)/t11-,13+/m1/s1. The van der Waals surface area contributed by atoms with Crippen LogP contribution in [0.3, 0.4) is 0 Å². The summed E-state index contributed by atoms with van der Waals surface area (Å²) in [5, 5.41) is 8.63. The summed E-state index contributed by atoms with van der Waals surface area (Å²) in [6, 6.07) is 2.87. The third-order valence-corrected chi connectivity index (χ3v) is 6.94. The molecule has 0 bridgehead atoms. The largest absolute Gasteiger partial charge is 0.480 e. The van der Waals surface area contributed by atoms with E-state index >= 15 is 0 Å². The first-order valence-electron chi connectivity index (χ1n) is 7.75. The van der Waals surface area contributed by atoms with Crippen molar-refractivity contribution < 1.29 is 23.1 Å². The Morgan fingerprint density at radius 3 is 2.48 bits per heavy atom. The van der Waals surface area contributed by atoms with E-state index in [4.69, 9.17) is 23.2 Å². The van der Waals surface area contributed by atoms with Gasteiger partial charge < -0.3 is 10.0 Å². The number of carbonyl (C=O) groups is 2. The normalized spacial score (nSPS) is 20.9. The molecule has 0 unspecified atom stereocenters. The Bertz CT molecular complexity index is 794. The maximum atomic E-state index is 12.9. The second-order valence-corrected chi connectivity index (χ2v) is 9.52. The molecule has 9 heteroatoms. The van der Waals surface area contributed by atoms with Crippen LogP contribution in [-0.2, 0) is 19.4 Å². The number of hydrogen-bond acceptors (Lipinski definition) is 4. The Kier molecular flexibility index (Phi) is 6.01. The molecular formula is C16H19Cl2NO5S. The van der Waals surface area contributed by atoms with Gasteiger partial charge in [0.1, 0.15) is 6.04 Å². The van der Waals surface area contributed by atoms with Crippen LogP contribution in [0.25, 0.3) is 0 Å². The molecule has 1 aromatic carbocycles. The number of rotatable bonds is 5. The van der Waals surface area contributed by atoms with Crippen molar-refractivity contribution in [3.63, 3.8) is 0 Å². The topological polar surface area (TPSA) is 91.8 Å². The van der Waals surface area contributed by atoms with Crippen molar-refractivity contribution in [1.29, 1.82) is 0 Å². The highest BCUT2D eigenvalue weighted by atomic mass is 35.5. The second-order valence-electron chi connectivity index (χ2n) is 6.48. The van der Waals surface area contributed by atoms with Crippen LogP contribution in [0, 0.1) is 5.92 Å². The van der Waals surface area contributed by atoms with Gasteiger partial charge in [-0.3, -0.25) is 4.79 Å². The molecule has 1 amide bonds. The van der Waals surface area contributed by atoms with Crippen LogP contribution < -0.4 is 0 Å². The number of halogens is 2. The Morgan fingerprint density at radius 2 is 1.96 bits per heavy atom. The molecule has 1 fully saturated rings. The summed E-state index contributed by atoms with van der Waals surface area (Å²) in [5.74, 6) is -1.53. The van der Waals surface area contributed by atoms with Gasteiger partial charge in [0.25, 0.3) is 0 Å². The van der Waals surface area contributed by atoms with E-state index in [2.05, 4.69) is 0 Å². The van der Waals surface area contributed by atoms with Crippen molar-refractivity contribution in [3.8, 4) is 0 Å². The molecule has 0 spiro atoms. The fourth-order valence-corrected chi connectivity index (χ4v) is 5.36. The third-order valence-electron chi connectivity index (χ3n) is 4.09. The summed E-state index contributed by atoms with van der Waals surface area (Å²) in [5.41, 5.74) is 0. The van der Waals surface area contributed by atoms with E-state index in [1.807, 2.05) is 13.8 Å². The van der Waals surface area contributed by atoms with Gasteiger partial charge in [-0.05, 0) is 30.5 Å². The molecule has 6 nitrogen and oxygen atoms in total. The Labute approximate surface area is 156 Å². The van der Waals surface area contributed by atoms with Gasteiger partial charge in [0.15, 0.2) is 9.84 Å². The smallest absolute Gasteiger partial charge is 0.326 e. The lowest BCUT2D eigenvalue weighted by Crippen LogP contribution is -2.41. The molecular weight excluding hydrogens is 389 g/mol. The van der Waals surface area contributed by atoms with Crippen LogP contribution in [0.2, 0.25) is 10.0 Å². The highest BCUT2D eigenvalue weighted by Gasteiger charge is 2.45. The molecule has 1 aliphatic rings. The number of hydrogen-bond donors (Lipinski definition) is 1. The van der Waals surface area contributed by atoms with Crippen molar-refractivity contribution in [3.05, 3.63) is 28.2 Å². The Hall–Kier alpha value is -1.31. The maximum absolute atomic E-state index is 12.9. The third kappa shape index (κ3) is 4.27. The summed E-state index contributed by atoms with van der Waals surface area (Å²) < 4.78 is 25.7. The SMILES string of the molecule is CC(C)CC(=O)N1C[C@H](S(=O)(=O)c2ccc(Cl)cc2Cl)C[C@H]1C(=O)O. The second kappa shape index (κ2) is 7.51. The molecule has 25 heavy (non-hydrogen) atoms. The average molecular weight is 408 g/mol. The highest BCUT2D eigenvalue weighted by molar-refractivity contribution is 7.92. The molecule has 138 valence electrons. The van der Waals surface area contributed by atoms with Crippen molar-refractivity contribution in [2.75, 3.05) is 6.54 Å². The first-order chi connectivity index (χ1) is 11.5. The lowest BCUT2D eigenvalue weighted by molar-refractivity contribution is -0.148. The highest BCUT2D eigenvalue weighted by Crippen LogP contribution is 2.33. The van der Waals surface area contributed by atoms with Crippen molar-refractivity contribution >= 4 is 44.9 Å². The van der Waals surface area contributed by atoms with E-state index < -0.39 is 27.1 Å². The number of sulfone groups is 1. The molecule has 0 aliphatic carbocycles. The van der Waals surface area contributed by atoms with E-state index in [9.17, 15) is 23.1 Å². The first kappa shape index (κ1) is 20.0. The lowest BCUT2D eigenvalue weighted by atomic mass is 10.1. The van der Waals surface area contributed by atoms with Gasteiger partial charge in [-0.1, -0.05) is 37.0 Å². The predicted molar refractivity (Wildman–Crippen MR) is 94.6 cm³/mol. The van der Waals surface area contributed by atoms with Crippen molar-refractivity contribution in [2.45, 2.75) is 42.9 Å². The molecule has 1 heterocycles. The lowest BCUT2D eigenvalue weighted by Gasteiger charge is -2.22. The first-order valence-corrected chi connectivity index (χ1v) is 10.1. The van der Waals surface area contributed by atoms with Gasteiger partial charge in [0.2, 0.25) is 5.91 Å². The zero-order valence-electron chi connectivity index (χ0n) is 13.8. The number of nitrogens with zero attached hydrogens (tertiary/aromatic N) is 1. The van der Waals surface area contributed by atoms with Crippen LogP contribution in [0.15, 0.2) is 23.1 Å². The fraction of sp³-hybridized carbons (Fsp3) is 0.500. The van der Waals surface area contributed by atoms with Crippen LogP contribution in [-0.4, -0.2) is 48.1 Å². The van der Waals surface area contributed by atoms with Gasteiger partial charge >= 0.3 is 5.97 Å². The van der Waals surface area contributed by atoms with Gasteiger partial charge in [-0.2, -0.15) is 0 Å². The zero-order chi connectivity index (χ0) is 18.9. The molecule has 2 rings (SSSR count). The number of aliphatic carboxylic acids is 1. The van der Waals surface area contributed by atoms with Crippen molar-refractivity contribution in [1.82, 2.24) is 4.90 Å². The van der Waals surface area contributed by atoms with Gasteiger partial charge in [0, 0.05) is 18.0 Å². The Balaban J connectivity index is 2.33. The summed E-state index contributed by atoms with van der Waals surface area (Å²) in [6.45, 7) is 3.51. The van der Waals surface area contributed by atoms with E-state index in [0.29, 0.717) is 5.02 Å². The molecule has 1 aliphatic heterocycles. The fourth-order valence-electron chi connectivity index (χ4n) is 2.88. The molecule has 0 saturated carbocycles. The number of carboxylic acid groups (broad SMARTS) is 1. The quantitative estimate of drug-likeness (QED) is 0.809. The van der Waals surface area contributed by atoms with Crippen molar-refractivity contribution in [2.24, 2.45) is 5.92 Å². The summed E-state index contributed by atoms with van der Waals surface area (Å²) >= 11 is 11.8. The average Bonchev–Trinajstić information content (AvgIpc) is 2.92. The van der Waals surface area contributed by atoms with E-state index in [1.165, 1.54) is 18.2 Å². The molecule has 0 radical (unpaired) electrons. The monoisotopic (exact) mass is 407 g/mol. The number of carbonyl (C=O) groups excluding carboxylic acids is 1. The molecule has 0 aromatic heterocycles. The number of amides is 1. The van der Waals surface area contributed by atoms with E-state index in [0.717, 1.165) is 4.90 Å². The molecule has 1 aromatic rings. The molecule has 2 atom stereocenters. The molecule has 1 N–H and O–H groups in total. The van der Waals surface area contributed by atoms with Gasteiger partial charge in [0.05, 0.1) is 15.2 Å².